The zero-order valence-corrected chi connectivity index (χ0v) is 26.2. The summed E-state index contributed by atoms with van der Waals surface area (Å²) in [7, 11) is 0. The molecule has 0 atom stereocenters. The van der Waals surface area contributed by atoms with Gasteiger partial charge in [-0.05, 0) is 93.2 Å². The van der Waals surface area contributed by atoms with Crippen molar-refractivity contribution >= 4 is 49.6 Å². The largest absolute Gasteiger partial charge is 0.310 e. The highest BCUT2D eigenvalue weighted by molar-refractivity contribution is 6.16. The molecule has 1 aliphatic rings. The summed E-state index contributed by atoms with van der Waals surface area (Å²) >= 11 is 0. The maximum Gasteiger partial charge on any atom is 0.0541 e. The van der Waals surface area contributed by atoms with Crippen molar-refractivity contribution in [2.24, 2.45) is 0 Å². The molecule has 1 aromatic heterocycles. The number of aromatic nitrogens is 1. The van der Waals surface area contributed by atoms with Crippen LogP contribution in [-0.4, -0.2) is 4.57 Å². The zero-order chi connectivity index (χ0) is 31.6. The quantitative estimate of drug-likeness (QED) is 0.188. The minimum absolute atomic E-state index is 1.12. The Morgan fingerprint density at radius 1 is 0.354 bits per heavy atom. The number of hydrogen-bond donors (Lipinski definition) is 0. The van der Waals surface area contributed by atoms with Gasteiger partial charge in [0.1, 0.15) is 0 Å². The molecule has 48 heavy (non-hydrogen) atoms. The molecule has 1 heterocycles. The normalized spacial score (nSPS) is 11.8. The van der Waals surface area contributed by atoms with Crippen molar-refractivity contribution in [2.45, 2.75) is 0 Å². The summed E-state index contributed by atoms with van der Waals surface area (Å²) in [5.74, 6) is 0. The molecule has 10 rings (SSSR count). The van der Waals surface area contributed by atoms with E-state index in [0.717, 1.165) is 17.1 Å². The van der Waals surface area contributed by atoms with Crippen LogP contribution in [0.1, 0.15) is 0 Å². The number of nitrogens with zero attached hydrogens (tertiary/aromatic N) is 2. The standard InChI is InChI=1S/C46H30N2/c1-2-16-33(17-3-1)47(35-27-28-37-40-22-11-13-31-14-12-23-41(46(31)40)42(37)30-35)34-18-10-15-32(29-34)36-19-4-7-24-43(36)48-44-25-8-5-20-38(44)39-21-6-9-26-45(39)48/h1-30H. The molecule has 0 aliphatic heterocycles. The Bertz CT molecular complexity index is 2620. The van der Waals surface area contributed by atoms with Crippen LogP contribution in [-0.2, 0) is 0 Å². The van der Waals surface area contributed by atoms with E-state index in [9.17, 15) is 0 Å². The van der Waals surface area contributed by atoms with Gasteiger partial charge in [0, 0.05) is 33.4 Å². The first-order valence-electron chi connectivity index (χ1n) is 16.5. The Labute approximate surface area is 279 Å². The van der Waals surface area contributed by atoms with Crippen LogP contribution in [0.25, 0.3) is 71.6 Å². The monoisotopic (exact) mass is 610 g/mol. The van der Waals surface area contributed by atoms with E-state index in [4.69, 9.17) is 0 Å². The molecule has 0 spiro atoms. The Hall–Kier alpha value is -6.38. The second-order valence-electron chi connectivity index (χ2n) is 12.5. The first-order chi connectivity index (χ1) is 23.8. The van der Waals surface area contributed by atoms with Gasteiger partial charge in [-0.3, -0.25) is 0 Å². The molecular weight excluding hydrogens is 581 g/mol. The Balaban J connectivity index is 1.15. The third kappa shape index (κ3) is 4.00. The predicted molar refractivity (Wildman–Crippen MR) is 203 cm³/mol. The smallest absolute Gasteiger partial charge is 0.0541 e. The summed E-state index contributed by atoms with van der Waals surface area (Å²) in [5, 5.41) is 5.17. The van der Waals surface area contributed by atoms with Crippen molar-refractivity contribution in [1.29, 1.82) is 0 Å². The first-order valence-corrected chi connectivity index (χ1v) is 16.5. The predicted octanol–water partition coefficient (Wildman–Crippen LogP) is 12.7. The number of fused-ring (bicyclic) bond motifs is 6. The maximum atomic E-state index is 2.42. The van der Waals surface area contributed by atoms with Gasteiger partial charge in [-0.1, -0.05) is 127 Å². The molecule has 0 fully saturated rings. The summed E-state index contributed by atoms with van der Waals surface area (Å²) in [4.78, 5) is 2.38. The Morgan fingerprint density at radius 2 is 0.938 bits per heavy atom. The van der Waals surface area contributed by atoms with E-state index < -0.39 is 0 Å². The topological polar surface area (TPSA) is 8.17 Å². The van der Waals surface area contributed by atoms with Crippen molar-refractivity contribution in [3.8, 4) is 39.1 Å². The van der Waals surface area contributed by atoms with Crippen molar-refractivity contribution < 1.29 is 0 Å². The maximum absolute atomic E-state index is 2.42. The molecule has 0 bridgehead atoms. The van der Waals surface area contributed by atoms with Crippen LogP contribution in [0, 0.1) is 0 Å². The van der Waals surface area contributed by atoms with Gasteiger partial charge < -0.3 is 9.47 Å². The van der Waals surface area contributed by atoms with E-state index in [1.54, 1.807) is 0 Å². The van der Waals surface area contributed by atoms with Gasteiger partial charge in [-0.15, -0.1) is 0 Å². The zero-order valence-electron chi connectivity index (χ0n) is 26.2. The molecular formula is C46H30N2. The van der Waals surface area contributed by atoms with E-state index in [2.05, 4.69) is 191 Å². The van der Waals surface area contributed by atoms with Crippen LogP contribution in [0.15, 0.2) is 182 Å². The van der Waals surface area contributed by atoms with E-state index >= 15 is 0 Å². The molecule has 8 aromatic carbocycles. The Kier molecular flexibility index (Phi) is 5.91. The van der Waals surface area contributed by atoms with Crippen LogP contribution >= 0.6 is 0 Å². The lowest BCUT2D eigenvalue weighted by atomic mass is 10.0. The SMILES string of the molecule is c1ccc(N(c2cccc(-c3ccccc3-n3c4ccccc4c4ccccc43)c2)c2ccc3c(c2)-c2cccc4cccc-3c24)cc1. The molecule has 0 radical (unpaired) electrons. The highest BCUT2D eigenvalue weighted by Gasteiger charge is 2.23. The van der Waals surface area contributed by atoms with Crippen molar-refractivity contribution in [2.75, 3.05) is 4.90 Å². The van der Waals surface area contributed by atoms with Gasteiger partial charge in [-0.2, -0.15) is 0 Å². The number of para-hydroxylation sites is 4. The minimum atomic E-state index is 1.12. The van der Waals surface area contributed by atoms with Crippen LogP contribution < -0.4 is 4.90 Å². The average Bonchev–Trinajstić information content (AvgIpc) is 3.66. The van der Waals surface area contributed by atoms with Gasteiger partial charge in [0.05, 0.1) is 16.7 Å². The molecule has 0 saturated carbocycles. The van der Waals surface area contributed by atoms with Gasteiger partial charge in [0.2, 0.25) is 0 Å². The van der Waals surface area contributed by atoms with Crippen LogP contribution in [0.2, 0.25) is 0 Å². The number of anilines is 3. The summed E-state index contributed by atoms with van der Waals surface area (Å²) in [6.07, 6.45) is 0. The second kappa shape index (κ2) is 10.6. The van der Waals surface area contributed by atoms with Crippen molar-refractivity contribution in [1.82, 2.24) is 4.57 Å². The van der Waals surface area contributed by atoms with Crippen LogP contribution in [0.3, 0.4) is 0 Å². The van der Waals surface area contributed by atoms with Crippen LogP contribution in [0.4, 0.5) is 17.1 Å². The first kappa shape index (κ1) is 26.8. The third-order valence-corrected chi connectivity index (χ3v) is 9.90. The molecule has 0 amide bonds. The Morgan fingerprint density at radius 3 is 1.71 bits per heavy atom. The van der Waals surface area contributed by atoms with Gasteiger partial charge in [0.15, 0.2) is 0 Å². The number of benzene rings is 8. The minimum Gasteiger partial charge on any atom is -0.310 e. The molecule has 1 aliphatic carbocycles. The fraction of sp³-hybridized carbons (Fsp3) is 0. The van der Waals surface area contributed by atoms with Gasteiger partial charge in [0.25, 0.3) is 0 Å². The van der Waals surface area contributed by atoms with Crippen molar-refractivity contribution in [3.05, 3.63) is 182 Å². The molecule has 0 unspecified atom stereocenters. The molecule has 9 aromatic rings. The number of rotatable bonds is 5. The third-order valence-electron chi connectivity index (χ3n) is 9.90. The summed E-state index contributed by atoms with van der Waals surface area (Å²) in [6, 6.07) is 66.2. The van der Waals surface area contributed by atoms with E-state index in [-0.39, 0.29) is 0 Å². The van der Waals surface area contributed by atoms with E-state index in [0.29, 0.717) is 0 Å². The molecule has 2 heteroatoms. The van der Waals surface area contributed by atoms with Gasteiger partial charge in [-0.25, -0.2) is 0 Å². The fourth-order valence-corrected chi connectivity index (χ4v) is 7.85. The van der Waals surface area contributed by atoms with Gasteiger partial charge >= 0.3 is 0 Å². The highest BCUT2D eigenvalue weighted by atomic mass is 15.1. The lowest BCUT2D eigenvalue weighted by molar-refractivity contribution is 1.18. The lowest BCUT2D eigenvalue weighted by Gasteiger charge is -2.27. The highest BCUT2D eigenvalue weighted by Crippen LogP contribution is 2.49. The molecule has 224 valence electrons. The lowest BCUT2D eigenvalue weighted by Crippen LogP contribution is -2.10. The number of hydrogen-bond acceptors (Lipinski definition) is 1. The second-order valence-corrected chi connectivity index (χ2v) is 12.5. The molecule has 0 N–H and O–H groups in total. The summed E-state index contributed by atoms with van der Waals surface area (Å²) in [5.41, 5.74) is 14.5. The molecule has 2 nitrogen and oxygen atoms in total. The van der Waals surface area contributed by atoms with Crippen molar-refractivity contribution in [3.63, 3.8) is 0 Å². The molecule has 0 saturated heterocycles. The van der Waals surface area contributed by atoms with E-state index in [1.165, 1.54) is 71.6 Å². The summed E-state index contributed by atoms with van der Waals surface area (Å²) < 4.78 is 2.42. The fourth-order valence-electron chi connectivity index (χ4n) is 7.85. The van der Waals surface area contributed by atoms with Crippen LogP contribution in [0.5, 0.6) is 0 Å². The average molecular weight is 611 g/mol. The summed E-state index contributed by atoms with van der Waals surface area (Å²) in [6.45, 7) is 0. The van der Waals surface area contributed by atoms with E-state index in [1.807, 2.05) is 0 Å².